The van der Waals surface area contributed by atoms with E-state index in [0.29, 0.717) is 17.2 Å². The van der Waals surface area contributed by atoms with Gasteiger partial charge in [0.25, 0.3) is 0 Å². The van der Waals surface area contributed by atoms with Crippen LogP contribution in [0.4, 0.5) is 19.1 Å². The molecule has 0 saturated carbocycles. The number of allylic oxidation sites excluding steroid dienone is 1. The summed E-state index contributed by atoms with van der Waals surface area (Å²) in [5, 5.41) is 6.33. The Hall–Kier alpha value is -3.28. The highest BCUT2D eigenvalue weighted by molar-refractivity contribution is 8.08. The average Bonchev–Trinajstić information content (AvgIpc) is 2.95. The van der Waals surface area contributed by atoms with Crippen LogP contribution in [0.25, 0.3) is 10.5 Å². The fourth-order valence-corrected chi connectivity index (χ4v) is 4.47. The smallest absolute Gasteiger partial charge is 0.348 e. The molecular formula is C31H39F3N4S. The van der Waals surface area contributed by atoms with Gasteiger partial charge in [-0.1, -0.05) is 56.3 Å². The Kier molecular flexibility index (Phi) is 15.7. The van der Waals surface area contributed by atoms with E-state index < -0.39 is 11.7 Å². The minimum absolute atomic E-state index is 0.00624. The first-order valence-corrected chi connectivity index (χ1v) is 13.8. The van der Waals surface area contributed by atoms with E-state index in [9.17, 15) is 13.2 Å². The summed E-state index contributed by atoms with van der Waals surface area (Å²) in [6, 6.07) is 17.2. The van der Waals surface area contributed by atoms with Crippen molar-refractivity contribution in [2.75, 3.05) is 24.7 Å². The number of alkyl halides is 3. The summed E-state index contributed by atoms with van der Waals surface area (Å²) in [5.74, 6) is 1.31. The molecule has 0 saturated heterocycles. The van der Waals surface area contributed by atoms with Gasteiger partial charge in [-0.15, -0.1) is 24.6 Å². The Labute approximate surface area is 235 Å². The molecule has 1 unspecified atom stereocenters. The van der Waals surface area contributed by atoms with Crippen molar-refractivity contribution in [3.63, 3.8) is 0 Å². The summed E-state index contributed by atoms with van der Waals surface area (Å²) in [4.78, 5) is 9.88. The van der Waals surface area contributed by atoms with E-state index in [-0.39, 0.29) is 6.04 Å². The number of anilines is 1. The van der Waals surface area contributed by atoms with Crippen molar-refractivity contribution in [2.45, 2.75) is 52.8 Å². The first-order valence-electron chi connectivity index (χ1n) is 12.8. The molecule has 0 aliphatic heterocycles. The molecule has 0 fully saturated rings. The molecular weight excluding hydrogens is 517 g/mol. The minimum Gasteiger partial charge on any atom is -0.348 e. The molecule has 2 N–H and O–H groups in total. The highest BCUT2D eigenvalue weighted by atomic mass is 32.2. The van der Waals surface area contributed by atoms with Crippen molar-refractivity contribution in [3.8, 4) is 12.8 Å². The molecule has 1 aromatic heterocycles. The molecule has 39 heavy (non-hydrogen) atoms. The van der Waals surface area contributed by atoms with Crippen molar-refractivity contribution in [3.05, 3.63) is 89.2 Å². The fraction of sp³-hybridized carbons (Fsp3) is 0.355. The maximum Gasteiger partial charge on any atom is 0.416 e. The van der Waals surface area contributed by atoms with E-state index in [2.05, 4.69) is 47.3 Å². The molecule has 3 rings (SSSR count). The summed E-state index contributed by atoms with van der Waals surface area (Å²) in [5.41, 5.74) is 2.43. The Morgan fingerprint density at radius 2 is 1.69 bits per heavy atom. The zero-order chi connectivity index (χ0) is 29.3. The molecule has 0 aliphatic rings. The Balaban J connectivity index is 0.000000975. The largest absolute Gasteiger partial charge is 0.416 e. The molecule has 4 nitrogen and oxygen atoms in total. The molecule has 0 radical (unpaired) electrons. The quantitative estimate of drug-likeness (QED) is 0.245. The van der Waals surface area contributed by atoms with E-state index in [1.807, 2.05) is 51.2 Å². The molecule has 2 aromatic carbocycles. The average molecular weight is 557 g/mol. The SMILES string of the molecule is C#C.CCCNC.CCCS/C(=C(\C)c1cccc(C(F)(F)F)c1)c1ccnc(NC(C)c2ccccc2)n1. The number of halogens is 3. The van der Waals surface area contributed by atoms with Gasteiger partial charge in [0.15, 0.2) is 0 Å². The lowest BCUT2D eigenvalue weighted by Crippen LogP contribution is -2.10. The zero-order valence-corrected chi connectivity index (χ0v) is 24.2. The number of nitrogens with zero attached hydrogens (tertiary/aromatic N) is 2. The standard InChI is InChI=1S/C25H26F3N3S.C4H11N.C2H2/c1-4-15-32-23(17(2)20-11-8-12-21(16-20)25(26,27)28)22-13-14-29-24(31-22)30-18(3)19-9-6-5-7-10-19;1-3-4-5-2;1-2/h5-14,16,18H,4,15H2,1-3H3,(H,29,30,31);5H,3-4H2,1-2H3;1-2H/b23-17+;;. The van der Waals surface area contributed by atoms with Crippen LogP contribution in [0.5, 0.6) is 0 Å². The van der Waals surface area contributed by atoms with Crippen LogP contribution >= 0.6 is 11.8 Å². The van der Waals surface area contributed by atoms with Gasteiger partial charge in [-0.05, 0) is 80.9 Å². The molecule has 0 amide bonds. The fourth-order valence-electron chi connectivity index (χ4n) is 3.46. The molecule has 0 aliphatic carbocycles. The monoisotopic (exact) mass is 556 g/mol. The maximum atomic E-state index is 13.2. The van der Waals surface area contributed by atoms with Crippen LogP contribution in [-0.4, -0.2) is 29.3 Å². The molecule has 210 valence electrons. The molecule has 0 bridgehead atoms. The lowest BCUT2D eigenvalue weighted by Gasteiger charge is -2.16. The van der Waals surface area contributed by atoms with Crippen molar-refractivity contribution in [1.29, 1.82) is 0 Å². The van der Waals surface area contributed by atoms with Gasteiger partial charge < -0.3 is 10.6 Å². The van der Waals surface area contributed by atoms with Crippen LogP contribution in [0.1, 0.15) is 69.0 Å². The third kappa shape index (κ3) is 11.6. The van der Waals surface area contributed by atoms with Gasteiger partial charge in [0.2, 0.25) is 5.95 Å². The predicted octanol–water partition coefficient (Wildman–Crippen LogP) is 8.57. The van der Waals surface area contributed by atoms with Gasteiger partial charge >= 0.3 is 6.18 Å². The highest BCUT2D eigenvalue weighted by Gasteiger charge is 2.30. The van der Waals surface area contributed by atoms with Gasteiger partial charge in [-0.3, -0.25) is 0 Å². The number of terminal acetylenes is 1. The van der Waals surface area contributed by atoms with E-state index in [1.165, 1.54) is 18.6 Å². The topological polar surface area (TPSA) is 49.8 Å². The van der Waals surface area contributed by atoms with Crippen LogP contribution in [0.3, 0.4) is 0 Å². The summed E-state index contributed by atoms with van der Waals surface area (Å²) >= 11 is 1.60. The van der Waals surface area contributed by atoms with E-state index in [4.69, 9.17) is 0 Å². The summed E-state index contributed by atoms with van der Waals surface area (Å²) in [6.45, 7) is 9.23. The van der Waals surface area contributed by atoms with Gasteiger partial charge in [0.1, 0.15) is 0 Å². The minimum atomic E-state index is -4.38. The number of benzene rings is 2. The summed E-state index contributed by atoms with van der Waals surface area (Å²) in [6.07, 6.45) is 7.46. The molecule has 1 heterocycles. The molecule has 8 heteroatoms. The van der Waals surface area contributed by atoms with Crippen molar-refractivity contribution < 1.29 is 13.2 Å². The van der Waals surface area contributed by atoms with Gasteiger partial charge in [-0.25, -0.2) is 9.97 Å². The van der Waals surface area contributed by atoms with Crippen LogP contribution in [0.2, 0.25) is 0 Å². The van der Waals surface area contributed by atoms with Crippen LogP contribution in [0, 0.1) is 12.8 Å². The summed E-state index contributed by atoms with van der Waals surface area (Å²) < 4.78 is 39.7. The Morgan fingerprint density at radius 3 is 2.26 bits per heavy atom. The Morgan fingerprint density at radius 1 is 1.00 bits per heavy atom. The Bertz CT molecular complexity index is 1160. The second-order valence-electron chi connectivity index (χ2n) is 8.53. The second kappa shape index (κ2) is 18.1. The van der Waals surface area contributed by atoms with Crippen LogP contribution < -0.4 is 10.6 Å². The highest BCUT2D eigenvalue weighted by Crippen LogP contribution is 2.37. The number of hydrogen-bond acceptors (Lipinski definition) is 5. The normalized spacial score (nSPS) is 12.2. The lowest BCUT2D eigenvalue weighted by molar-refractivity contribution is -0.137. The van der Waals surface area contributed by atoms with Crippen LogP contribution in [0.15, 0.2) is 66.9 Å². The first-order chi connectivity index (χ1) is 18.7. The second-order valence-corrected chi connectivity index (χ2v) is 9.63. The number of thioether (sulfide) groups is 1. The molecule has 1 atom stereocenters. The number of rotatable bonds is 10. The van der Waals surface area contributed by atoms with E-state index in [1.54, 1.807) is 30.1 Å². The third-order valence-corrected chi connectivity index (χ3v) is 6.86. The molecule has 3 aromatic rings. The van der Waals surface area contributed by atoms with E-state index >= 15 is 0 Å². The van der Waals surface area contributed by atoms with Gasteiger partial charge in [0, 0.05) is 11.1 Å². The maximum absolute atomic E-state index is 13.2. The van der Waals surface area contributed by atoms with E-state index in [0.717, 1.165) is 40.8 Å². The first kappa shape index (κ1) is 33.7. The molecule has 0 spiro atoms. The van der Waals surface area contributed by atoms with Crippen LogP contribution in [-0.2, 0) is 6.18 Å². The zero-order valence-electron chi connectivity index (χ0n) is 23.3. The number of aromatic nitrogens is 2. The number of nitrogens with one attached hydrogen (secondary N) is 2. The predicted molar refractivity (Wildman–Crippen MR) is 161 cm³/mol. The number of hydrogen-bond donors (Lipinski definition) is 2. The lowest BCUT2D eigenvalue weighted by atomic mass is 10.0. The summed E-state index contributed by atoms with van der Waals surface area (Å²) in [7, 11) is 1.96. The van der Waals surface area contributed by atoms with Gasteiger partial charge in [0.05, 0.1) is 17.3 Å². The van der Waals surface area contributed by atoms with Gasteiger partial charge in [-0.2, -0.15) is 13.2 Å². The van der Waals surface area contributed by atoms with Crippen molar-refractivity contribution >= 4 is 28.2 Å². The van der Waals surface area contributed by atoms with Crippen molar-refractivity contribution in [2.24, 2.45) is 0 Å². The van der Waals surface area contributed by atoms with Crippen molar-refractivity contribution in [1.82, 2.24) is 15.3 Å². The third-order valence-electron chi connectivity index (χ3n) is 5.45.